The van der Waals surface area contributed by atoms with Crippen LogP contribution in [0.4, 0.5) is 37.7 Å². The number of alkyl halides is 3. The predicted molar refractivity (Wildman–Crippen MR) is 108 cm³/mol. The monoisotopic (exact) mass is 441 g/mol. The van der Waals surface area contributed by atoms with Gasteiger partial charge in [0.1, 0.15) is 17.4 Å². The molecule has 0 spiro atoms. The second-order valence-electron chi connectivity index (χ2n) is 7.63. The third kappa shape index (κ3) is 5.39. The number of hydrogen-bond donors (Lipinski definition) is 3. The van der Waals surface area contributed by atoms with E-state index < -0.39 is 35.3 Å². The van der Waals surface area contributed by atoms with Crippen molar-refractivity contribution in [1.82, 2.24) is 0 Å². The largest absolute Gasteiger partial charge is 0.432 e. The first-order chi connectivity index (χ1) is 14.5. The molecule has 0 aliphatic heterocycles. The summed E-state index contributed by atoms with van der Waals surface area (Å²) in [5.74, 6) is -3.40. The molecule has 9 heteroatoms. The van der Waals surface area contributed by atoms with E-state index >= 15 is 0 Å². The number of nitrogens with one attached hydrogen (secondary N) is 3. The van der Waals surface area contributed by atoms with E-state index in [9.17, 15) is 26.3 Å². The summed E-state index contributed by atoms with van der Waals surface area (Å²) in [7, 11) is 0. The van der Waals surface area contributed by atoms with Gasteiger partial charge in [-0.1, -0.05) is 19.6 Å². The Bertz CT molecular complexity index is 999. The summed E-state index contributed by atoms with van der Waals surface area (Å²) in [6.07, 6.45) is -1.01. The average molecular weight is 441 g/mol. The molecule has 3 N–H and O–H groups in total. The van der Waals surface area contributed by atoms with Crippen molar-refractivity contribution in [2.45, 2.75) is 32.4 Å². The van der Waals surface area contributed by atoms with E-state index in [0.29, 0.717) is 25.3 Å². The number of rotatable bonds is 7. The Labute approximate surface area is 175 Å². The molecule has 0 aromatic heterocycles. The first-order valence-corrected chi connectivity index (χ1v) is 9.63. The number of halogens is 6. The first kappa shape index (κ1) is 22.7. The lowest BCUT2D eigenvalue weighted by Gasteiger charge is -2.19. The zero-order chi connectivity index (χ0) is 22.9. The van der Waals surface area contributed by atoms with Crippen molar-refractivity contribution in [3.63, 3.8) is 0 Å². The Hall–Kier alpha value is -2.97. The van der Waals surface area contributed by atoms with Crippen molar-refractivity contribution in [3.8, 4) is 0 Å². The molecule has 0 heterocycles. The summed E-state index contributed by atoms with van der Waals surface area (Å²) in [5, 5.41) is 12.5. The molecule has 0 bridgehead atoms. The van der Waals surface area contributed by atoms with Crippen molar-refractivity contribution in [2.75, 3.05) is 10.6 Å². The average Bonchev–Trinajstić information content (AvgIpc) is 3.52. The predicted octanol–water partition coefficient (Wildman–Crippen LogP) is 7.16. The molecule has 3 rings (SSSR count). The molecule has 31 heavy (non-hydrogen) atoms. The second kappa shape index (κ2) is 8.64. The van der Waals surface area contributed by atoms with Gasteiger partial charge in [-0.15, -0.1) is 0 Å². The van der Waals surface area contributed by atoms with E-state index in [-0.39, 0.29) is 34.3 Å². The Kier molecular flexibility index (Phi) is 6.33. The van der Waals surface area contributed by atoms with Crippen LogP contribution >= 0.6 is 0 Å². The fourth-order valence-corrected chi connectivity index (χ4v) is 3.07. The molecule has 1 atom stereocenters. The molecular formula is C22H21F6N3. The van der Waals surface area contributed by atoms with Crippen LogP contribution in [0.25, 0.3) is 0 Å². The van der Waals surface area contributed by atoms with E-state index in [4.69, 9.17) is 5.41 Å². The van der Waals surface area contributed by atoms with Gasteiger partial charge in [0.15, 0.2) is 5.83 Å². The lowest BCUT2D eigenvalue weighted by Crippen LogP contribution is -2.21. The number of hydrogen-bond acceptors (Lipinski definition) is 3. The van der Waals surface area contributed by atoms with Gasteiger partial charge in [-0.25, -0.2) is 13.2 Å². The van der Waals surface area contributed by atoms with Crippen LogP contribution in [0.1, 0.15) is 26.2 Å². The highest BCUT2D eigenvalue weighted by Crippen LogP contribution is 2.38. The minimum Gasteiger partial charge on any atom is -0.356 e. The maximum atomic E-state index is 14.6. The molecule has 0 saturated heterocycles. The van der Waals surface area contributed by atoms with Crippen LogP contribution in [-0.4, -0.2) is 11.9 Å². The van der Waals surface area contributed by atoms with Gasteiger partial charge in [-0.2, -0.15) is 13.2 Å². The summed E-state index contributed by atoms with van der Waals surface area (Å²) in [6, 6.07) is 3.81. The number of benzene rings is 1. The molecule has 1 unspecified atom stereocenters. The van der Waals surface area contributed by atoms with E-state index in [1.165, 1.54) is 18.2 Å². The van der Waals surface area contributed by atoms with Crippen LogP contribution in [0.5, 0.6) is 0 Å². The van der Waals surface area contributed by atoms with E-state index in [0.717, 1.165) is 6.07 Å². The minimum atomic E-state index is -4.79. The van der Waals surface area contributed by atoms with Crippen molar-refractivity contribution >= 4 is 17.1 Å². The van der Waals surface area contributed by atoms with Gasteiger partial charge < -0.3 is 10.6 Å². The SMILES string of the molecule is C=C(Nc1ccc(N/C(=C\C(=N)C(F)(F)F)C2CC2)c(F)c1)C1=CCC(C)C(F)=C1F. The third-order valence-corrected chi connectivity index (χ3v) is 5.05. The molecular weight excluding hydrogens is 420 g/mol. The maximum Gasteiger partial charge on any atom is 0.432 e. The van der Waals surface area contributed by atoms with Gasteiger partial charge in [-0.05, 0) is 49.5 Å². The highest BCUT2D eigenvalue weighted by molar-refractivity contribution is 5.97. The first-order valence-electron chi connectivity index (χ1n) is 9.63. The zero-order valence-corrected chi connectivity index (χ0v) is 16.6. The van der Waals surface area contributed by atoms with E-state index in [1.807, 2.05) is 0 Å². The second-order valence-corrected chi connectivity index (χ2v) is 7.63. The summed E-state index contributed by atoms with van der Waals surface area (Å²) in [4.78, 5) is 0. The summed E-state index contributed by atoms with van der Waals surface area (Å²) in [5.41, 5.74) is -1.24. The normalized spacial score (nSPS) is 19.8. The van der Waals surface area contributed by atoms with Gasteiger partial charge in [0.25, 0.3) is 0 Å². The molecule has 1 aromatic carbocycles. The summed E-state index contributed by atoms with van der Waals surface area (Å²) < 4.78 is 80.5. The Morgan fingerprint density at radius 3 is 2.42 bits per heavy atom. The Morgan fingerprint density at radius 1 is 1.16 bits per heavy atom. The molecule has 2 aliphatic rings. The van der Waals surface area contributed by atoms with Crippen molar-refractivity contribution in [3.05, 3.63) is 71.4 Å². The maximum absolute atomic E-state index is 14.6. The zero-order valence-electron chi connectivity index (χ0n) is 16.6. The van der Waals surface area contributed by atoms with Crippen LogP contribution < -0.4 is 10.6 Å². The summed E-state index contributed by atoms with van der Waals surface area (Å²) in [6.45, 7) is 5.23. The van der Waals surface area contributed by atoms with Crippen molar-refractivity contribution < 1.29 is 26.3 Å². The Morgan fingerprint density at radius 2 is 1.84 bits per heavy atom. The van der Waals surface area contributed by atoms with Gasteiger partial charge in [0.2, 0.25) is 0 Å². The Balaban J connectivity index is 1.74. The number of anilines is 2. The van der Waals surface area contributed by atoms with Gasteiger partial charge >= 0.3 is 6.18 Å². The lowest BCUT2D eigenvalue weighted by molar-refractivity contribution is -0.0584. The van der Waals surface area contributed by atoms with E-state index in [2.05, 4.69) is 17.2 Å². The molecule has 0 radical (unpaired) electrons. The fraction of sp³-hybridized carbons (Fsp3) is 0.318. The van der Waals surface area contributed by atoms with Crippen LogP contribution in [0.15, 0.2) is 65.6 Å². The quantitative estimate of drug-likeness (QED) is 0.311. The van der Waals surface area contributed by atoms with Gasteiger partial charge in [0, 0.05) is 28.6 Å². The number of allylic oxidation sites excluding steroid dienone is 5. The molecule has 2 aliphatic carbocycles. The molecule has 166 valence electrons. The molecule has 1 aromatic rings. The van der Waals surface area contributed by atoms with Gasteiger partial charge in [-0.3, -0.25) is 5.41 Å². The van der Waals surface area contributed by atoms with Crippen molar-refractivity contribution in [2.24, 2.45) is 11.8 Å². The standard InChI is InChI=1S/C22H21F6N3/c1-11-3-7-15(21(25)20(11)24)12(2)30-14-6-8-17(16(23)9-14)31-18(13-4-5-13)10-19(29)22(26,27)28/h6-11,13,29-31H,2-5H2,1H3/b18-10-,29-19?. The molecule has 3 nitrogen and oxygen atoms in total. The van der Waals surface area contributed by atoms with Crippen LogP contribution in [-0.2, 0) is 0 Å². The molecule has 0 amide bonds. The van der Waals surface area contributed by atoms with Crippen LogP contribution in [0.2, 0.25) is 0 Å². The smallest absolute Gasteiger partial charge is 0.356 e. The topological polar surface area (TPSA) is 47.9 Å². The van der Waals surface area contributed by atoms with E-state index in [1.54, 1.807) is 6.92 Å². The fourth-order valence-electron chi connectivity index (χ4n) is 3.07. The molecule has 1 fully saturated rings. The third-order valence-electron chi connectivity index (χ3n) is 5.05. The highest BCUT2D eigenvalue weighted by atomic mass is 19.4. The van der Waals surface area contributed by atoms with Crippen molar-refractivity contribution in [1.29, 1.82) is 5.41 Å². The minimum absolute atomic E-state index is 0.0391. The lowest BCUT2D eigenvalue weighted by atomic mass is 9.95. The molecule has 1 saturated carbocycles. The van der Waals surface area contributed by atoms with Crippen LogP contribution in [0, 0.1) is 23.1 Å². The van der Waals surface area contributed by atoms with Gasteiger partial charge in [0.05, 0.1) is 5.69 Å². The summed E-state index contributed by atoms with van der Waals surface area (Å²) >= 11 is 0. The van der Waals surface area contributed by atoms with Crippen LogP contribution in [0.3, 0.4) is 0 Å². The highest BCUT2D eigenvalue weighted by Gasteiger charge is 2.35.